The molecule has 11 heteroatoms. The second kappa shape index (κ2) is 9.21. The Bertz CT molecular complexity index is 1010. The van der Waals surface area contributed by atoms with Crippen LogP contribution in [-0.2, 0) is 19.7 Å². The van der Waals surface area contributed by atoms with Crippen LogP contribution in [0.25, 0.3) is 0 Å². The van der Waals surface area contributed by atoms with Gasteiger partial charge in [-0.15, -0.1) is 11.3 Å². The summed E-state index contributed by atoms with van der Waals surface area (Å²) in [5.41, 5.74) is 1.26. The molecule has 2 heterocycles. The van der Waals surface area contributed by atoms with Gasteiger partial charge in [-0.25, -0.2) is 13.4 Å². The first-order chi connectivity index (χ1) is 14.2. The average molecular weight is 453 g/mol. The van der Waals surface area contributed by atoms with E-state index in [9.17, 15) is 18.0 Å². The summed E-state index contributed by atoms with van der Waals surface area (Å²) >= 11 is 1.39. The topological polar surface area (TPSA) is 109 Å². The Hall–Kier alpha value is -2.34. The molecule has 2 aromatic rings. The molecule has 1 aromatic carbocycles. The SMILES string of the molecule is CON(C)S(=O)(=O)c1ccc(C(=O)N2CCC(C(=O)Nc3nc(C)cs3)CC2)cc1. The number of likely N-dealkylation sites (tertiary alicyclic amines) is 1. The van der Waals surface area contributed by atoms with Gasteiger partial charge in [-0.2, -0.15) is 0 Å². The molecule has 1 fully saturated rings. The maximum Gasteiger partial charge on any atom is 0.264 e. The van der Waals surface area contributed by atoms with Crippen molar-refractivity contribution in [3.63, 3.8) is 0 Å². The fraction of sp³-hybridized carbons (Fsp3) is 0.421. The van der Waals surface area contributed by atoms with Crippen molar-refractivity contribution in [2.45, 2.75) is 24.7 Å². The number of aromatic nitrogens is 1. The zero-order chi connectivity index (χ0) is 21.9. The molecule has 0 spiro atoms. The number of nitrogens with one attached hydrogen (secondary N) is 1. The highest BCUT2D eigenvalue weighted by atomic mass is 32.2. The largest absolute Gasteiger partial charge is 0.339 e. The Morgan fingerprint density at radius 2 is 1.87 bits per heavy atom. The van der Waals surface area contributed by atoms with Crippen LogP contribution >= 0.6 is 11.3 Å². The Morgan fingerprint density at radius 3 is 2.40 bits per heavy atom. The first-order valence-electron chi connectivity index (χ1n) is 9.37. The fourth-order valence-electron chi connectivity index (χ4n) is 3.16. The second-order valence-electron chi connectivity index (χ2n) is 6.97. The highest BCUT2D eigenvalue weighted by Crippen LogP contribution is 2.23. The monoisotopic (exact) mass is 452 g/mol. The minimum Gasteiger partial charge on any atom is -0.339 e. The number of nitrogens with zero attached hydrogens (tertiary/aromatic N) is 3. The van der Waals surface area contributed by atoms with Gasteiger partial charge in [0.25, 0.3) is 15.9 Å². The van der Waals surface area contributed by atoms with Crippen molar-refractivity contribution < 1.29 is 22.8 Å². The number of hydroxylamine groups is 1. The lowest BCUT2D eigenvalue weighted by molar-refractivity contribution is -0.121. The van der Waals surface area contributed by atoms with Crippen LogP contribution in [-0.4, -0.2) is 61.8 Å². The van der Waals surface area contributed by atoms with Crippen LogP contribution in [0, 0.1) is 12.8 Å². The highest BCUT2D eigenvalue weighted by Gasteiger charge is 2.29. The quantitative estimate of drug-likeness (QED) is 0.673. The molecule has 0 radical (unpaired) electrons. The molecular weight excluding hydrogens is 428 g/mol. The summed E-state index contributed by atoms with van der Waals surface area (Å²) in [6, 6.07) is 5.74. The molecule has 0 atom stereocenters. The van der Waals surface area contributed by atoms with Gasteiger partial charge in [0.15, 0.2) is 5.13 Å². The zero-order valence-corrected chi connectivity index (χ0v) is 18.6. The number of anilines is 1. The third-order valence-electron chi connectivity index (χ3n) is 5.00. The van der Waals surface area contributed by atoms with E-state index in [1.54, 1.807) is 4.90 Å². The summed E-state index contributed by atoms with van der Waals surface area (Å²) in [6.45, 7) is 2.79. The van der Waals surface area contributed by atoms with Crippen molar-refractivity contribution >= 4 is 38.3 Å². The maximum atomic E-state index is 12.8. The number of carbonyl (C=O) groups excluding carboxylic acids is 2. The minimum absolute atomic E-state index is 0.0382. The molecular formula is C19H24N4O5S2. The molecule has 30 heavy (non-hydrogen) atoms. The Labute approximate surface area is 179 Å². The van der Waals surface area contributed by atoms with E-state index in [2.05, 4.69) is 10.3 Å². The molecule has 0 aliphatic carbocycles. The van der Waals surface area contributed by atoms with Gasteiger partial charge in [-0.1, -0.05) is 4.47 Å². The van der Waals surface area contributed by atoms with E-state index in [0.717, 1.165) is 10.2 Å². The number of hydrogen-bond donors (Lipinski definition) is 1. The molecule has 0 unspecified atom stereocenters. The molecule has 1 saturated heterocycles. The molecule has 9 nitrogen and oxygen atoms in total. The Balaban J connectivity index is 1.58. The third kappa shape index (κ3) is 4.86. The fourth-order valence-corrected chi connectivity index (χ4v) is 4.83. The van der Waals surface area contributed by atoms with E-state index in [1.165, 1.54) is 49.8 Å². The van der Waals surface area contributed by atoms with Gasteiger partial charge in [0, 0.05) is 37.0 Å². The van der Waals surface area contributed by atoms with E-state index in [1.807, 2.05) is 12.3 Å². The number of benzene rings is 1. The Kier molecular flexibility index (Phi) is 6.86. The van der Waals surface area contributed by atoms with Crippen molar-refractivity contribution in [3.8, 4) is 0 Å². The molecule has 0 saturated carbocycles. The number of hydrogen-bond acceptors (Lipinski definition) is 7. The average Bonchev–Trinajstić information content (AvgIpc) is 3.17. The van der Waals surface area contributed by atoms with Gasteiger partial charge >= 0.3 is 0 Å². The van der Waals surface area contributed by atoms with Crippen molar-refractivity contribution in [1.82, 2.24) is 14.4 Å². The summed E-state index contributed by atoms with van der Waals surface area (Å²) in [7, 11) is -1.20. The number of thiazole rings is 1. The first kappa shape index (κ1) is 22.3. The van der Waals surface area contributed by atoms with E-state index in [4.69, 9.17) is 4.84 Å². The summed E-state index contributed by atoms with van der Waals surface area (Å²) in [4.78, 5) is 35.9. The summed E-state index contributed by atoms with van der Waals surface area (Å²) in [6.07, 6.45) is 1.13. The van der Waals surface area contributed by atoms with Gasteiger partial charge in [-0.05, 0) is 44.0 Å². The first-order valence-corrected chi connectivity index (χ1v) is 11.7. The van der Waals surface area contributed by atoms with Crippen LogP contribution in [0.1, 0.15) is 28.9 Å². The van der Waals surface area contributed by atoms with Crippen molar-refractivity contribution in [2.75, 3.05) is 32.6 Å². The van der Waals surface area contributed by atoms with Crippen LogP contribution in [0.5, 0.6) is 0 Å². The predicted octanol–water partition coefficient (Wildman–Crippen LogP) is 2.12. The maximum absolute atomic E-state index is 12.8. The number of sulfonamides is 1. The summed E-state index contributed by atoms with van der Waals surface area (Å²) in [5, 5.41) is 5.30. The van der Waals surface area contributed by atoms with E-state index >= 15 is 0 Å². The minimum atomic E-state index is -3.76. The lowest BCUT2D eigenvalue weighted by Crippen LogP contribution is -2.41. The summed E-state index contributed by atoms with van der Waals surface area (Å²) in [5.74, 6) is -0.433. The van der Waals surface area contributed by atoms with Gasteiger partial charge in [-0.3, -0.25) is 14.4 Å². The van der Waals surface area contributed by atoms with Crippen LogP contribution < -0.4 is 5.32 Å². The summed E-state index contributed by atoms with van der Waals surface area (Å²) < 4.78 is 25.2. The standard InChI is InChI=1S/C19H24N4O5S2/c1-13-12-29-19(20-13)21-17(24)14-8-10-23(11-9-14)18(25)15-4-6-16(7-5-15)30(26,27)22(2)28-3/h4-7,12,14H,8-11H2,1-3H3,(H,20,21,24). The van der Waals surface area contributed by atoms with Gasteiger partial charge in [0.05, 0.1) is 17.7 Å². The van der Waals surface area contributed by atoms with Crippen molar-refractivity contribution in [1.29, 1.82) is 0 Å². The number of rotatable bonds is 6. The lowest BCUT2D eigenvalue weighted by Gasteiger charge is -2.31. The number of piperidine rings is 1. The van der Waals surface area contributed by atoms with Gasteiger partial charge in [0.1, 0.15) is 0 Å². The van der Waals surface area contributed by atoms with E-state index < -0.39 is 10.0 Å². The molecule has 162 valence electrons. The number of carbonyl (C=O) groups is 2. The molecule has 0 bridgehead atoms. The van der Waals surface area contributed by atoms with Crippen LogP contribution in [0.2, 0.25) is 0 Å². The van der Waals surface area contributed by atoms with Crippen molar-refractivity contribution in [2.24, 2.45) is 5.92 Å². The molecule has 1 N–H and O–H groups in total. The van der Waals surface area contributed by atoms with Crippen LogP contribution in [0.3, 0.4) is 0 Å². The second-order valence-corrected chi connectivity index (χ2v) is 9.77. The normalized spacial score (nSPS) is 15.4. The van der Waals surface area contributed by atoms with Gasteiger partial charge < -0.3 is 10.2 Å². The van der Waals surface area contributed by atoms with Crippen LogP contribution in [0.4, 0.5) is 5.13 Å². The zero-order valence-electron chi connectivity index (χ0n) is 17.0. The van der Waals surface area contributed by atoms with Crippen molar-refractivity contribution in [3.05, 3.63) is 40.9 Å². The highest BCUT2D eigenvalue weighted by molar-refractivity contribution is 7.89. The third-order valence-corrected chi connectivity index (χ3v) is 7.57. The van der Waals surface area contributed by atoms with Gasteiger partial charge in [0.2, 0.25) is 5.91 Å². The lowest BCUT2D eigenvalue weighted by atomic mass is 9.95. The molecule has 1 aromatic heterocycles. The number of aryl methyl sites for hydroxylation is 1. The Morgan fingerprint density at radius 1 is 1.23 bits per heavy atom. The smallest absolute Gasteiger partial charge is 0.264 e. The molecule has 3 rings (SSSR count). The van der Waals surface area contributed by atoms with E-state index in [-0.39, 0.29) is 22.6 Å². The number of amides is 2. The molecule has 1 aliphatic rings. The molecule has 1 aliphatic heterocycles. The molecule has 2 amide bonds. The van der Waals surface area contributed by atoms with E-state index in [0.29, 0.717) is 36.6 Å². The predicted molar refractivity (Wildman–Crippen MR) is 113 cm³/mol. The van der Waals surface area contributed by atoms with Crippen LogP contribution in [0.15, 0.2) is 34.5 Å².